The molecule has 0 unspecified atom stereocenters. The van der Waals surface area contributed by atoms with Crippen LogP contribution in [0, 0.1) is 5.82 Å². The summed E-state index contributed by atoms with van der Waals surface area (Å²) >= 11 is 9.06. The molecule has 0 radical (unpaired) electrons. The van der Waals surface area contributed by atoms with Crippen molar-refractivity contribution in [3.63, 3.8) is 0 Å². The molecule has 22 heavy (non-hydrogen) atoms. The Kier molecular flexibility index (Phi) is 5.80. The van der Waals surface area contributed by atoms with E-state index >= 15 is 0 Å². The van der Waals surface area contributed by atoms with Crippen LogP contribution in [0.15, 0.2) is 46.9 Å². The Labute approximate surface area is 141 Å². The first kappa shape index (κ1) is 16.8. The van der Waals surface area contributed by atoms with Crippen molar-refractivity contribution >= 4 is 33.4 Å². The van der Waals surface area contributed by atoms with Crippen LogP contribution in [0.3, 0.4) is 0 Å². The van der Waals surface area contributed by atoms with Crippen molar-refractivity contribution in [1.29, 1.82) is 0 Å². The van der Waals surface area contributed by atoms with Gasteiger partial charge in [0.2, 0.25) is 0 Å². The summed E-state index contributed by atoms with van der Waals surface area (Å²) in [5.74, 6) is -0.0319. The molecule has 2 aromatic rings. The Morgan fingerprint density at radius 3 is 2.64 bits per heavy atom. The van der Waals surface area contributed by atoms with Crippen LogP contribution in [0.5, 0.6) is 5.75 Å². The minimum absolute atomic E-state index is 0.117. The summed E-state index contributed by atoms with van der Waals surface area (Å²) in [6.45, 7) is 0.0574. The average molecular weight is 387 g/mol. The molecule has 116 valence electrons. The highest BCUT2D eigenvalue weighted by Crippen LogP contribution is 2.18. The number of rotatable bonds is 5. The zero-order chi connectivity index (χ0) is 16.1. The summed E-state index contributed by atoms with van der Waals surface area (Å²) in [5.41, 5.74) is 0.441. The van der Waals surface area contributed by atoms with E-state index in [1.54, 1.807) is 43.4 Å². The van der Waals surface area contributed by atoms with Crippen LogP contribution in [-0.4, -0.2) is 24.5 Å². The Balaban J connectivity index is 1.91. The van der Waals surface area contributed by atoms with Crippen molar-refractivity contribution in [1.82, 2.24) is 4.90 Å². The lowest BCUT2D eigenvalue weighted by Crippen LogP contribution is -2.31. The molecule has 0 saturated carbocycles. The molecule has 0 aliphatic carbocycles. The Morgan fingerprint density at radius 2 is 1.95 bits per heavy atom. The number of ether oxygens (including phenoxy) is 1. The molecule has 0 N–H and O–H groups in total. The standard InChI is InChI=1S/C16H14BrClFNO2/c1-20(9-11-8-12(17)2-7-15(11)19)16(21)10-22-14-5-3-13(18)4-6-14/h2-8H,9-10H2,1H3. The highest BCUT2D eigenvalue weighted by atomic mass is 79.9. The van der Waals surface area contributed by atoms with E-state index in [1.165, 1.54) is 11.0 Å². The van der Waals surface area contributed by atoms with E-state index in [2.05, 4.69) is 15.9 Å². The summed E-state index contributed by atoms with van der Waals surface area (Å²) < 4.78 is 19.8. The zero-order valence-corrected chi connectivity index (χ0v) is 14.2. The smallest absolute Gasteiger partial charge is 0.260 e. The van der Waals surface area contributed by atoms with E-state index in [0.29, 0.717) is 16.3 Å². The van der Waals surface area contributed by atoms with Crippen LogP contribution < -0.4 is 4.74 Å². The second-order valence-electron chi connectivity index (χ2n) is 4.73. The molecule has 0 spiro atoms. The topological polar surface area (TPSA) is 29.5 Å². The lowest BCUT2D eigenvalue weighted by molar-refractivity contribution is -0.132. The molecule has 2 rings (SSSR count). The van der Waals surface area contributed by atoms with Crippen LogP contribution in [-0.2, 0) is 11.3 Å². The van der Waals surface area contributed by atoms with Gasteiger partial charge in [0.1, 0.15) is 11.6 Å². The van der Waals surface area contributed by atoms with Gasteiger partial charge in [-0.05, 0) is 42.5 Å². The summed E-state index contributed by atoms with van der Waals surface area (Å²) in [5, 5.41) is 0.598. The Hall–Kier alpha value is -1.59. The molecule has 0 fully saturated rings. The molecule has 2 aromatic carbocycles. The first-order valence-corrected chi connectivity index (χ1v) is 7.69. The van der Waals surface area contributed by atoms with Gasteiger partial charge in [0.15, 0.2) is 6.61 Å². The van der Waals surface area contributed by atoms with Crippen LogP contribution in [0.25, 0.3) is 0 Å². The summed E-state index contributed by atoms with van der Waals surface area (Å²) in [4.78, 5) is 13.4. The lowest BCUT2D eigenvalue weighted by atomic mass is 10.2. The number of hydrogen-bond acceptors (Lipinski definition) is 2. The third-order valence-corrected chi connectivity index (χ3v) is 3.76. The molecule has 1 amide bonds. The normalized spacial score (nSPS) is 10.4. The number of hydrogen-bond donors (Lipinski definition) is 0. The van der Waals surface area contributed by atoms with Crippen LogP contribution in [0.1, 0.15) is 5.56 Å². The largest absolute Gasteiger partial charge is 0.484 e. The molecule has 6 heteroatoms. The molecule has 0 aliphatic rings. The van der Waals surface area contributed by atoms with Gasteiger partial charge >= 0.3 is 0 Å². The molecular formula is C16H14BrClFNO2. The van der Waals surface area contributed by atoms with Crippen molar-refractivity contribution in [2.75, 3.05) is 13.7 Å². The molecule has 0 bridgehead atoms. The van der Waals surface area contributed by atoms with Gasteiger partial charge in [-0.25, -0.2) is 4.39 Å². The third-order valence-electron chi connectivity index (χ3n) is 3.02. The minimum Gasteiger partial charge on any atom is -0.484 e. The highest BCUT2D eigenvalue weighted by molar-refractivity contribution is 9.10. The maximum absolute atomic E-state index is 13.7. The molecule has 0 aliphatic heterocycles. The zero-order valence-electron chi connectivity index (χ0n) is 11.9. The summed E-state index contributed by atoms with van der Waals surface area (Å²) in [6.07, 6.45) is 0. The maximum Gasteiger partial charge on any atom is 0.260 e. The van der Waals surface area contributed by atoms with E-state index in [-0.39, 0.29) is 24.9 Å². The summed E-state index contributed by atoms with van der Waals surface area (Å²) in [6, 6.07) is 11.4. The number of nitrogens with zero attached hydrogens (tertiary/aromatic N) is 1. The van der Waals surface area contributed by atoms with Gasteiger partial charge in [-0.3, -0.25) is 4.79 Å². The second-order valence-corrected chi connectivity index (χ2v) is 6.08. The van der Waals surface area contributed by atoms with E-state index < -0.39 is 0 Å². The van der Waals surface area contributed by atoms with Gasteiger partial charge in [0, 0.05) is 28.7 Å². The highest BCUT2D eigenvalue weighted by Gasteiger charge is 2.13. The Bertz CT molecular complexity index is 664. The first-order chi connectivity index (χ1) is 10.5. The fourth-order valence-electron chi connectivity index (χ4n) is 1.79. The summed E-state index contributed by atoms with van der Waals surface area (Å²) in [7, 11) is 1.61. The van der Waals surface area contributed by atoms with E-state index in [0.717, 1.165) is 4.47 Å². The quantitative estimate of drug-likeness (QED) is 0.767. The molecule has 0 heterocycles. The molecule has 0 atom stereocenters. The number of halogens is 3. The number of likely N-dealkylation sites (N-methyl/N-ethyl adjacent to an activating group) is 1. The van der Waals surface area contributed by atoms with Gasteiger partial charge < -0.3 is 9.64 Å². The first-order valence-electron chi connectivity index (χ1n) is 6.52. The van der Waals surface area contributed by atoms with Gasteiger partial charge in [0.05, 0.1) is 0 Å². The fourth-order valence-corrected chi connectivity index (χ4v) is 2.33. The van der Waals surface area contributed by atoms with Crippen LogP contribution >= 0.6 is 27.5 Å². The molecule has 0 saturated heterocycles. The van der Waals surface area contributed by atoms with E-state index in [9.17, 15) is 9.18 Å². The number of carbonyl (C=O) groups excluding carboxylic acids is 1. The fraction of sp³-hybridized carbons (Fsp3) is 0.188. The van der Waals surface area contributed by atoms with Crippen molar-refractivity contribution in [3.05, 3.63) is 63.3 Å². The van der Waals surface area contributed by atoms with E-state index in [4.69, 9.17) is 16.3 Å². The molecule has 0 aromatic heterocycles. The van der Waals surface area contributed by atoms with Gasteiger partial charge in [-0.2, -0.15) is 0 Å². The lowest BCUT2D eigenvalue weighted by Gasteiger charge is -2.18. The number of benzene rings is 2. The van der Waals surface area contributed by atoms with Crippen LogP contribution in [0.2, 0.25) is 5.02 Å². The van der Waals surface area contributed by atoms with Crippen molar-refractivity contribution < 1.29 is 13.9 Å². The van der Waals surface area contributed by atoms with Gasteiger partial charge in [0.25, 0.3) is 5.91 Å². The molecule has 3 nitrogen and oxygen atoms in total. The van der Waals surface area contributed by atoms with Crippen molar-refractivity contribution in [3.8, 4) is 5.75 Å². The Morgan fingerprint density at radius 1 is 1.27 bits per heavy atom. The average Bonchev–Trinajstić information content (AvgIpc) is 2.50. The van der Waals surface area contributed by atoms with E-state index in [1.807, 2.05) is 0 Å². The van der Waals surface area contributed by atoms with Crippen molar-refractivity contribution in [2.24, 2.45) is 0 Å². The SMILES string of the molecule is CN(Cc1cc(Br)ccc1F)C(=O)COc1ccc(Cl)cc1. The van der Waals surface area contributed by atoms with Gasteiger partial charge in [-0.1, -0.05) is 27.5 Å². The van der Waals surface area contributed by atoms with Crippen molar-refractivity contribution in [2.45, 2.75) is 6.54 Å². The third kappa shape index (κ3) is 4.71. The predicted octanol–water partition coefficient (Wildman–Crippen LogP) is 4.28. The maximum atomic E-state index is 13.7. The number of amides is 1. The number of carbonyl (C=O) groups is 1. The van der Waals surface area contributed by atoms with Gasteiger partial charge in [-0.15, -0.1) is 0 Å². The molecular weight excluding hydrogens is 373 g/mol. The monoisotopic (exact) mass is 385 g/mol. The minimum atomic E-state index is -0.346. The predicted molar refractivity (Wildman–Crippen MR) is 87.5 cm³/mol. The second kappa shape index (κ2) is 7.61. The van der Waals surface area contributed by atoms with Crippen LogP contribution in [0.4, 0.5) is 4.39 Å².